The van der Waals surface area contributed by atoms with Crippen LogP contribution < -0.4 is 5.73 Å². The second kappa shape index (κ2) is 5.32. The van der Waals surface area contributed by atoms with Gasteiger partial charge in [-0.05, 0) is 36.8 Å². The summed E-state index contributed by atoms with van der Waals surface area (Å²) in [6, 6.07) is 0.738. The Kier molecular flexibility index (Phi) is 4.39. The predicted molar refractivity (Wildman–Crippen MR) is 81.0 cm³/mol. The van der Waals surface area contributed by atoms with Crippen molar-refractivity contribution in [2.75, 3.05) is 36.6 Å². The maximum absolute atomic E-state index is 6.22. The molecule has 0 radical (unpaired) electrons. The van der Waals surface area contributed by atoms with Crippen LogP contribution in [0.25, 0.3) is 0 Å². The highest BCUT2D eigenvalue weighted by molar-refractivity contribution is 7.99. The fourth-order valence-corrected chi connectivity index (χ4v) is 6.35. The second-order valence-electron chi connectivity index (χ2n) is 6.05. The average Bonchev–Trinajstić information content (AvgIpc) is 2.81. The SMILES string of the molecule is CN(C1CCSC1)C1(CN)CSCCC1(C)C. The Bertz CT molecular complexity index is 264. The lowest BCUT2D eigenvalue weighted by molar-refractivity contribution is -0.00213. The van der Waals surface area contributed by atoms with E-state index in [1.54, 1.807) is 0 Å². The summed E-state index contributed by atoms with van der Waals surface area (Å²) in [5.41, 5.74) is 6.76. The molecular weight excluding hydrogens is 248 g/mol. The molecule has 2 aliphatic rings. The van der Waals surface area contributed by atoms with Crippen LogP contribution in [-0.4, -0.2) is 53.1 Å². The van der Waals surface area contributed by atoms with Crippen LogP contribution in [0.1, 0.15) is 26.7 Å². The molecule has 17 heavy (non-hydrogen) atoms. The quantitative estimate of drug-likeness (QED) is 0.855. The van der Waals surface area contributed by atoms with Crippen molar-refractivity contribution in [3.63, 3.8) is 0 Å². The highest BCUT2D eigenvalue weighted by Crippen LogP contribution is 2.46. The maximum Gasteiger partial charge on any atom is 0.0473 e. The predicted octanol–water partition coefficient (Wildman–Crippen LogP) is 2.28. The van der Waals surface area contributed by atoms with Gasteiger partial charge < -0.3 is 5.73 Å². The minimum atomic E-state index is 0.200. The Labute approximate surface area is 114 Å². The minimum absolute atomic E-state index is 0.200. The molecule has 0 spiro atoms. The Morgan fingerprint density at radius 3 is 2.59 bits per heavy atom. The standard InChI is InChI=1S/C13H26N2S2/c1-12(2)5-7-17-10-13(12,9-14)15(3)11-4-6-16-8-11/h11H,4-10,14H2,1-3H3. The third kappa shape index (κ3) is 2.38. The molecule has 0 saturated carbocycles. The van der Waals surface area contributed by atoms with Crippen molar-refractivity contribution in [3.05, 3.63) is 0 Å². The van der Waals surface area contributed by atoms with Crippen LogP contribution in [0.2, 0.25) is 0 Å². The zero-order valence-corrected chi connectivity index (χ0v) is 13.0. The van der Waals surface area contributed by atoms with Gasteiger partial charge >= 0.3 is 0 Å². The highest BCUT2D eigenvalue weighted by Gasteiger charge is 2.50. The van der Waals surface area contributed by atoms with E-state index in [1.165, 1.54) is 35.9 Å². The summed E-state index contributed by atoms with van der Waals surface area (Å²) in [4.78, 5) is 2.64. The Morgan fingerprint density at radius 1 is 1.29 bits per heavy atom. The van der Waals surface area contributed by atoms with Gasteiger partial charge in [0.1, 0.15) is 0 Å². The van der Waals surface area contributed by atoms with Gasteiger partial charge in [0.2, 0.25) is 0 Å². The fourth-order valence-electron chi connectivity index (χ4n) is 3.23. The molecular formula is C13H26N2S2. The van der Waals surface area contributed by atoms with E-state index in [4.69, 9.17) is 5.73 Å². The van der Waals surface area contributed by atoms with Crippen molar-refractivity contribution in [3.8, 4) is 0 Å². The average molecular weight is 274 g/mol. The van der Waals surface area contributed by atoms with E-state index in [-0.39, 0.29) is 5.54 Å². The molecule has 2 atom stereocenters. The normalized spacial score (nSPS) is 37.6. The van der Waals surface area contributed by atoms with Crippen LogP contribution in [0.15, 0.2) is 0 Å². The van der Waals surface area contributed by atoms with E-state index in [0.29, 0.717) is 5.41 Å². The highest BCUT2D eigenvalue weighted by atomic mass is 32.2. The molecule has 2 heterocycles. The lowest BCUT2D eigenvalue weighted by atomic mass is 9.69. The van der Waals surface area contributed by atoms with Crippen molar-refractivity contribution < 1.29 is 0 Å². The first-order valence-corrected chi connectivity index (χ1v) is 8.93. The topological polar surface area (TPSA) is 29.3 Å². The molecule has 0 aromatic heterocycles. The third-order valence-corrected chi connectivity index (χ3v) is 7.26. The molecule has 0 aliphatic carbocycles. The zero-order chi connectivity index (χ0) is 12.5. The van der Waals surface area contributed by atoms with Gasteiger partial charge in [-0.2, -0.15) is 23.5 Å². The van der Waals surface area contributed by atoms with E-state index in [9.17, 15) is 0 Å². The number of hydrogen-bond acceptors (Lipinski definition) is 4. The summed E-state index contributed by atoms with van der Waals surface area (Å²) in [7, 11) is 2.32. The first kappa shape index (κ1) is 14.0. The number of thioether (sulfide) groups is 2. The van der Waals surface area contributed by atoms with Crippen LogP contribution in [0, 0.1) is 5.41 Å². The molecule has 2 unspecified atom stereocenters. The van der Waals surface area contributed by atoms with Crippen LogP contribution in [-0.2, 0) is 0 Å². The molecule has 0 bridgehead atoms. The monoisotopic (exact) mass is 274 g/mol. The molecule has 2 rings (SSSR count). The fraction of sp³-hybridized carbons (Fsp3) is 1.00. The van der Waals surface area contributed by atoms with Gasteiger partial charge in [0.25, 0.3) is 0 Å². The lowest BCUT2D eigenvalue weighted by Gasteiger charge is -2.56. The first-order chi connectivity index (χ1) is 8.03. The molecule has 2 aliphatic heterocycles. The van der Waals surface area contributed by atoms with E-state index >= 15 is 0 Å². The molecule has 2 saturated heterocycles. The number of nitrogens with zero attached hydrogens (tertiary/aromatic N) is 1. The summed E-state index contributed by atoms with van der Waals surface area (Å²) in [5, 5.41) is 0. The third-order valence-electron chi connectivity index (χ3n) is 4.94. The van der Waals surface area contributed by atoms with E-state index in [1.807, 2.05) is 0 Å². The Hall–Kier alpha value is 0.620. The summed E-state index contributed by atoms with van der Waals surface area (Å²) in [6.07, 6.45) is 2.63. The number of rotatable bonds is 3. The molecule has 0 aromatic rings. The lowest BCUT2D eigenvalue weighted by Crippen LogP contribution is -2.66. The smallest absolute Gasteiger partial charge is 0.0473 e. The minimum Gasteiger partial charge on any atom is -0.329 e. The zero-order valence-electron chi connectivity index (χ0n) is 11.4. The number of hydrogen-bond donors (Lipinski definition) is 1. The van der Waals surface area contributed by atoms with Crippen molar-refractivity contribution in [1.29, 1.82) is 0 Å². The maximum atomic E-state index is 6.22. The van der Waals surface area contributed by atoms with Gasteiger partial charge in [0.15, 0.2) is 0 Å². The molecule has 2 nitrogen and oxygen atoms in total. The molecule has 2 fully saturated rings. The Balaban J connectivity index is 2.21. The van der Waals surface area contributed by atoms with Crippen LogP contribution >= 0.6 is 23.5 Å². The largest absolute Gasteiger partial charge is 0.329 e. The van der Waals surface area contributed by atoms with Crippen LogP contribution in [0.5, 0.6) is 0 Å². The molecule has 0 aromatic carbocycles. The van der Waals surface area contributed by atoms with Crippen molar-refractivity contribution in [2.24, 2.45) is 11.1 Å². The molecule has 2 N–H and O–H groups in total. The first-order valence-electron chi connectivity index (χ1n) is 6.62. The van der Waals surface area contributed by atoms with E-state index in [2.05, 4.69) is 49.3 Å². The van der Waals surface area contributed by atoms with Crippen molar-refractivity contribution >= 4 is 23.5 Å². The molecule has 0 amide bonds. The van der Waals surface area contributed by atoms with Gasteiger partial charge in [-0.15, -0.1) is 0 Å². The summed E-state index contributed by atoms with van der Waals surface area (Å²) < 4.78 is 0. The second-order valence-corrected chi connectivity index (χ2v) is 8.31. The van der Waals surface area contributed by atoms with Gasteiger partial charge in [0.05, 0.1) is 0 Å². The van der Waals surface area contributed by atoms with E-state index in [0.717, 1.165) is 12.6 Å². The van der Waals surface area contributed by atoms with E-state index < -0.39 is 0 Å². The van der Waals surface area contributed by atoms with Gasteiger partial charge in [0, 0.05) is 29.6 Å². The van der Waals surface area contributed by atoms with Gasteiger partial charge in [-0.1, -0.05) is 13.8 Å². The number of nitrogens with two attached hydrogens (primary N) is 1. The summed E-state index contributed by atoms with van der Waals surface area (Å²) in [6.45, 7) is 5.63. The van der Waals surface area contributed by atoms with Crippen LogP contribution in [0.3, 0.4) is 0 Å². The van der Waals surface area contributed by atoms with Crippen molar-refractivity contribution in [2.45, 2.75) is 38.3 Å². The Morgan fingerprint density at radius 2 is 2.06 bits per heavy atom. The van der Waals surface area contributed by atoms with Gasteiger partial charge in [-0.25, -0.2) is 0 Å². The summed E-state index contributed by atoms with van der Waals surface area (Å²) in [5.74, 6) is 5.11. The summed E-state index contributed by atoms with van der Waals surface area (Å²) >= 11 is 4.18. The molecule has 4 heteroatoms. The number of likely N-dealkylation sites (N-methyl/N-ethyl adjacent to an activating group) is 1. The van der Waals surface area contributed by atoms with Crippen molar-refractivity contribution in [1.82, 2.24) is 4.90 Å². The molecule has 100 valence electrons. The van der Waals surface area contributed by atoms with Gasteiger partial charge in [-0.3, -0.25) is 4.90 Å². The van der Waals surface area contributed by atoms with Crippen LogP contribution in [0.4, 0.5) is 0 Å².